The molecule has 0 aliphatic carbocycles. The van der Waals surface area contributed by atoms with Crippen LogP contribution in [0.1, 0.15) is 5.56 Å². The summed E-state index contributed by atoms with van der Waals surface area (Å²) >= 11 is 0. The second-order valence-corrected chi connectivity index (χ2v) is 4.76. The molecule has 1 aromatic carbocycles. The summed E-state index contributed by atoms with van der Waals surface area (Å²) in [6.45, 7) is 0.250. The maximum atomic E-state index is 10.8. The molecule has 3 nitrogen and oxygen atoms in total. The van der Waals surface area contributed by atoms with Crippen molar-refractivity contribution in [2.24, 2.45) is 5.73 Å². The Morgan fingerprint density at radius 2 is 2.25 bits per heavy atom. The highest BCUT2D eigenvalue weighted by Gasteiger charge is 2.09. The Bertz CT molecular complexity index is 375. The Labute approximate surface area is 75.6 Å². The van der Waals surface area contributed by atoms with E-state index in [1.54, 1.807) is 0 Å². The first-order valence-electron chi connectivity index (χ1n) is 3.19. The molecule has 0 atom stereocenters. The van der Waals surface area contributed by atoms with Gasteiger partial charge in [0.15, 0.2) is 0 Å². The molecule has 5 heteroatoms. The molecule has 0 amide bonds. The highest BCUT2D eigenvalue weighted by Crippen LogP contribution is 2.15. The van der Waals surface area contributed by atoms with Gasteiger partial charge in [-0.1, -0.05) is 6.07 Å². The largest absolute Gasteiger partial charge is 0.326 e. The third-order valence-electron chi connectivity index (χ3n) is 1.33. The molecule has 0 bridgehead atoms. The monoisotopic (exact) mass is 204 g/mol. The van der Waals surface area contributed by atoms with Crippen LogP contribution in [0.15, 0.2) is 23.1 Å². The van der Waals surface area contributed by atoms with Crippen molar-refractivity contribution in [3.05, 3.63) is 29.8 Å². The second-order valence-electron chi connectivity index (χ2n) is 2.19. The van der Waals surface area contributed by atoms with Crippen LogP contribution in [0.5, 0.6) is 0 Å². The molecule has 1 aromatic rings. The third kappa shape index (κ3) is 2.20. The van der Waals surface area contributed by atoms with E-state index in [0.29, 0.717) is 5.56 Å². The number of nitrogens with two attached hydrogens (primary N) is 1. The average Bonchev–Trinajstić information content (AvgIpc) is 2.03. The van der Waals surface area contributed by atoms with Gasteiger partial charge in [-0.15, -0.1) is 0 Å². The fourth-order valence-corrected chi connectivity index (χ4v) is 1.56. The van der Waals surface area contributed by atoms with Crippen LogP contribution < -0.4 is 5.73 Å². The fourth-order valence-electron chi connectivity index (χ4n) is 0.762. The minimum Gasteiger partial charge on any atom is -0.326 e. The van der Waals surface area contributed by atoms with Gasteiger partial charge >= 0.3 is 0 Å². The quantitative estimate of drug-likeness (QED) is 0.728. The molecule has 2 N–H and O–H groups in total. The second kappa shape index (κ2) is 3.43. The smallest absolute Gasteiger partial charge is 0.261 e. The molecule has 0 heterocycles. The first-order chi connectivity index (χ1) is 5.54. The van der Waals surface area contributed by atoms with E-state index in [0.717, 1.165) is 0 Å². The summed E-state index contributed by atoms with van der Waals surface area (Å²) in [5.41, 5.74) is 5.91. The van der Waals surface area contributed by atoms with E-state index in [-0.39, 0.29) is 11.4 Å². The molecule has 0 spiro atoms. The van der Waals surface area contributed by atoms with Gasteiger partial charge in [0.2, 0.25) is 0 Å². The molecule has 12 heavy (non-hydrogen) atoms. The van der Waals surface area contributed by atoms with Gasteiger partial charge in [0.25, 0.3) is 9.05 Å². The van der Waals surface area contributed by atoms with E-state index in [2.05, 4.69) is 6.07 Å². The van der Waals surface area contributed by atoms with Crippen LogP contribution in [0.25, 0.3) is 0 Å². The van der Waals surface area contributed by atoms with Gasteiger partial charge in [-0.25, -0.2) is 8.42 Å². The molecule has 1 radical (unpaired) electrons. The summed E-state index contributed by atoms with van der Waals surface area (Å²) in [6, 6.07) is 7.05. The van der Waals surface area contributed by atoms with Gasteiger partial charge in [-0.2, -0.15) is 0 Å². The molecule has 0 fully saturated rings. The van der Waals surface area contributed by atoms with Gasteiger partial charge in [-0.3, -0.25) is 0 Å². The van der Waals surface area contributed by atoms with Crippen molar-refractivity contribution in [1.29, 1.82) is 0 Å². The topological polar surface area (TPSA) is 60.2 Å². The zero-order valence-corrected chi connectivity index (χ0v) is 7.69. The van der Waals surface area contributed by atoms with Crippen molar-refractivity contribution in [1.82, 2.24) is 0 Å². The zero-order valence-electron chi connectivity index (χ0n) is 6.12. The van der Waals surface area contributed by atoms with E-state index in [1.165, 1.54) is 18.2 Å². The molecule has 0 aromatic heterocycles. The van der Waals surface area contributed by atoms with Gasteiger partial charge in [0, 0.05) is 17.2 Å². The lowest BCUT2D eigenvalue weighted by atomic mass is 10.2. The molecule has 0 unspecified atom stereocenters. The van der Waals surface area contributed by atoms with Gasteiger partial charge in [0.1, 0.15) is 0 Å². The Balaban J connectivity index is 3.20. The fraction of sp³-hybridized carbons (Fsp3) is 0.143. The molecule has 0 saturated carbocycles. The summed E-state index contributed by atoms with van der Waals surface area (Å²) in [5.74, 6) is 0. The number of benzene rings is 1. The van der Waals surface area contributed by atoms with Gasteiger partial charge in [0.05, 0.1) is 4.90 Å². The Hall–Kier alpha value is -0.580. The maximum Gasteiger partial charge on any atom is 0.261 e. The van der Waals surface area contributed by atoms with E-state index in [1.807, 2.05) is 0 Å². The lowest BCUT2D eigenvalue weighted by Crippen LogP contribution is -1.98. The van der Waals surface area contributed by atoms with E-state index in [9.17, 15) is 8.42 Å². The summed E-state index contributed by atoms with van der Waals surface area (Å²) in [6.07, 6.45) is 0. The van der Waals surface area contributed by atoms with E-state index in [4.69, 9.17) is 16.4 Å². The number of rotatable bonds is 2. The van der Waals surface area contributed by atoms with Gasteiger partial charge < -0.3 is 5.73 Å². The average molecular weight is 205 g/mol. The molecular formula is C7H7ClNO2S. The van der Waals surface area contributed by atoms with Crippen LogP contribution in [-0.2, 0) is 15.6 Å². The van der Waals surface area contributed by atoms with Crippen LogP contribution >= 0.6 is 10.7 Å². The van der Waals surface area contributed by atoms with E-state index >= 15 is 0 Å². The first-order valence-corrected chi connectivity index (χ1v) is 5.50. The Morgan fingerprint density at radius 3 is 2.75 bits per heavy atom. The molecule has 0 aliphatic rings. The lowest BCUT2D eigenvalue weighted by Gasteiger charge is -1.98. The summed E-state index contributed by atoms with van der Waals surface area (Å²) < 4.78 is 21.6. The maximum absolute atomic E-state index is 10.8. The molecular weight excluding hydrogens is 198 g/mol. The predicted molar refractivity (Wildman–Crippen MR) is 46.2 cm³/mol. The van der Waals surface area contributed by atoms with Crippen molar-refractivity contribution in [2.75, 3.05) is 0 Å². The van der Waals surface area contributed by atoms with Crippen LogP contribution in [0, 0.1) is 6.07 Å². The lowest BCUT2D eigenvalue weighted by molar-refractivity contribution is 0.609. The van der Waals surface area contributed by atoms with Crippen LogP contribution in [0.2, 0.25) is 0 Å². The highest BCUT2D eigenvalue weighted by atomic mass is 35.7. The molecule has 65 valence electrons. The number of halogens is 1. The number of hydrogen-bond donors (Lipinski definition) is 1. The minimum absolute atomic E-state index is 0.0587. The number of hydrogen-bond acceptors (Lipinski definition) is 3. The van der Waals surface area contributed by atoms with Crippen molar-refractivity contribution < 1.29 is 8.42 Å². The minimum atomic E-state index is -3.64. The van der Waals surface area contributed by atoms with Crippen molar-refractivity contribution >= 4 is 19.7 Å². The highest BCUT2D eigenvalue weighted by molar-refractivity contribution is 8.13. The van der Waals surface area contributed by atoms with Crippen molar-refractivity contribution in [3.8, 4) is 0 Å². The van der Waals surface area contributed by atoms with Crippen molar-refractivity contribution in [2.45, 2.75) is 11.4 Å². The van der Waals surface area contributed by atoms with Crippen molar-refractivity contribution in [3.63, 3.8) is 0 Å². The van der Waals surface area contributed by atoms with Crippen LogP contribution in [0.3, 0.4) is 0 Å². The standard InChI is InChI=1S/C7H7ClNO2S/c8-12(10,11)7-3-1-2-6(4-7)5-9/h1,3-4H,5,9H2. The Kier molecular flexibility index (Phi) is 2.72. The molecule has 1 rings (SSSR count). The van der Waals surface area contributed by atoms with Crippen LogP contribution in [0.4, 0.5) is 0 Å². The SMILES string of the molecule is NCc1[c]ccc(S(=O)(=O)Cl)c1. The Morgan fingerprint density at radius 1 is 1.58 bits per heavy atom. The van der Waals surface area contributed by atoms with Crippen LogP contribution in [-0.4, -0.2) is 8.42 Å². The zero-order chi connectivity index (χ0) is 9.19. The third-order valence-corrected chi connectivity index (χ3v) is 2.69. The molecule has 0 saturated heterocycles. The van der Waals surface area contributed by atoms with E-state index < -0.39 is 9.05 Å². The summed E-state index contributed by atoms with van der Waals surface area (Å²) in [4.78, 5) is 0.0587. The normalized spacial score (nSPS) is 11.5. The summed E-state index contributed by atoms with van der Waals surface area (Å²) in [7, 11) is 1.47. The first kappa shape index (κ1) is 9.51. The molecule has 0 aliphatic heterocycles. The predicted octanol–water partition coefficient (Wildman–Crippen LogP) is 0.873. The van der Waals surface area contributed by atoms with Gasteiger partial charge in [-0.05, 0) is 23.8 Å². The summed E-state index contributed by atoms with van der Waals surface area (Å²) in [5, 5.41) is 0.